The fourth-order valence-corrected chi connectivity index (χ4v) is 3.24. The first-order valence-corrected chi connectivity index (χ1v) is 10.7. The smallest absolute Gasteiger partial charge is 0.264 e. The van der Waals surface area contributed by atoms with Crippen LogP contribution in [-0.2, 0) is 6.61 Å². The van der Waals surface area contributed by atoms with Crippen molar-refractivity contribution in [2.75, 3.05) is 11.6 Å². The zero-order valence-corrected chi connectivity index (χ0v) is 18.0. The number of thioether (sulfide) groups is 1. The van der Waals surface area contributed by atoms with Crippen LogP contribution in [0.5, 0.6) is 5.88 Å². The number of hydrogen-bond acceptors (Lipinski definition) is 8. The molecule has 7 nitrogen and oxygen atoms in total. The maximum absolute atomic E-state index is 13.5. The van der Waals surface area contributed by atoms with E-state index in [1.54, 1.807) is 36.9 Å². The van der Waals surface area contributed by atoms with Crippen LogP contribution < -0.4 is 10.1 Å². The number of anilines is 2. The molecule has 0 aliphatic heterocycles. The minimum atomic E-state index is -0.265. The third-order valence-corrected chi connectivity index (χ3v) is 5.15. The molecule has 0 spiro atoms. The molecule has 31 heavy (non-hydrogen) atoms. The van der Waals surface area contributed by atoms with Crippen LogP contribution in [0.25, 0.3) is 11.4 Å². The summed E-state index contributed by atoms with van der Waals surface area (Å²) in [7, 11) is 0. The summed E-state index contributed by atoms with van der Waals surface area (Å²) in [6.45, 7) is 3.60. The number of halogens is 1. The first kappa shape index (κ1) is 20.8. The van der Waals surface area contributed by atoms with Crippen LogP contribution in [-0.4, -0.2) is 26.4 Å². The maximum atomic E-state index is 13.5. The second-order valence-electron chi connectivity index (χ2n) is 6.79. The number of aromatic nitrogens is 4. The van der Waals surface area contributed by atoms with Gasteiger partial charge in [0.05, 0.1) is 0 Å². The topological polar surface area (TPSA) is 86.0 Å². The number of aryl methyl sites for hydroxylation is 2. The van der Waals surface area contributed by atoms with Gasteiger partial charge in [0.15, 0.2) is 6.61 Å². The lowest BCUT2D eigenvalue weighted by Gasteiger charge is -2.09. The second-order valence-corrected chi connectivity index (χ2v) is 7.67. The normalized spacial score (nSPS) is 10.8. The van der Waals surface area contributed by atoms with Gasteiger partial charge in [0.1, 0.15) is 5.82 Å². The van der Waals surface area contributed by atoms with Gasteiger partial charge in [0, 0.05) is 27.9 Å². The average Bonchev–Trinajstić information content (AvgIpc) is 3.24. The SMILES string of the molecule is CSc1ccc(-c2noc(COc3cc(C)nc(Nc4ccc(F)c(C)c4)n3)n2)cc1. The molecule has 4 rings (SSSR count). The van der Waals surface area contributed by atoms with Crippen LogP contribution >= 0.6 is 11.8 Å². The number of rotatable bonds is 7. The van der Waals surface area contributed by atoms with Gasteiger partial charge in [0.2, 0.25) is 17.7 Å². The Morgan fingerprint density at radius 1 is 1.03 bits per heavy atom. The van der Waals surface area contributed by atoms with Crippen molar-refractivity contribution < 1.29 is 13.7 Å². The Morgan fingerprint density at radius 2 is 1.84 bits per heavy atom. The summed E-state index contributed by atoms with van der Waals surface area (Å²) in [6, 6.07) is 14.3. The third kappa shape index (κ3) is 5.18. The van der Waals surface area contributed by atoms with Crippen molar-refractivity contribution in [3.05, 3.63) is 71.5 Å². The lowest BCUT2D eigenvalue weighted by Crippen LogP contribution is -2.03. The Bertz CT molecular complexity index is 1200. The highest BCUT2D eigenvalue weighted by molar-refractivity contribution is 7.98. The zero-order chi connectivity index (χ0) is 21.8. The predicted molar refractivity (Wildman–Crippen MR) is 117 cm³/mol. The van der Waals surface area contributed by atoms with E-state index in [0.29, 0.717) is 40.5 Å². The summed E-state index contributed by atoms with van der Waals surface area (Å²) in [5.74, 6) is 1.28. The molecule has 1 N–H and O–H groups in total. The summed E-state index contributed by atoms with van der Waals surface area (Å²) in [6.07, 6.45) is 2.02. The predicted octanol–water partition coefficient (Wildman–Crippen LogP) is 5.33. The maximum Gasteiger partial charge on any atom is 0.264 e. The van der Waals surface area contributed by atoms with Gasteiger partial charge in [-0.2, -0.15) is 9.97 Å². The van der Waals surface area contributed by atoms with Gasteiger partial charge in [0.25, 0.3) is 5.89 Å². The van der Waals surface area contributed by atoms with Gasteiger partial charge in [-0.15, -0.1) is 11.8 Å². The Balaban J connectivity index is 1.43. The molecule has 2 aromatic carbocycles. The van der Waals surface area contributed by atoms with Gasteiger partial charge in [-0.05, 0) is 68.1 Å². The molecule has 0 atom stereocenters. The van der Waals surface area contributed by atoms with E-state index in [-0.39, 0.29) is 12.4 Å². The Morgan fingerprint density at radius 3 is 2.58 bits per heavy atom. The number of ether oxygens (including phenoxy) is 1. The standard InChI is InChI=1S/C22H20FN5O2S/c1-13-10-16(6-9-18(13)23)25-22-24-14(2)11-19(27-22)29-12-20-26-21(28-30-20)15-4-7-17(31-3)8-5-15/h4-11H,12H2,1-3H3,(H,24,25,27). The first-order chi connectivity index (χ1) is 15.0. The highest BCUT2D eigenvalue weighted by Gasteiger charge is 2.11. The Hall–Kier alpha value is -3.46. The quantitative estimate of drug-likeness (QED) is 0.389. The minimum absolute atomic E-state index is 0.0709. The summed E-state index contributed by atoms with van der Waals surface area (Å²) in [5.41, 5.74) is 2.80. The van der Waals surface area contributed by atoms with Crippen molar-refractivity contribution in [1.29, 1.82) is 0 Å². The molecule has 4 aromatic rings. The van der Waals surface area contributed by atoms with E-state index >= 15 is 0 Å². The molecular weight excluding hydrogens is 417 g/mol. The zero-order valence-electron chi connectivity index (χ0n) is 17.2. The summed E-state index contributed by atoms with van der Waals surface area (Å²) in [4.78, 5) is 14.2. The molecule has 0 saturated carbocycles. The van der Waals surface area contributed by atoms with Crippen LogP contribution in [0, 0.1) is 19.7 Å². The van der Waals surface area contributed by atoms with Gasteiger partial charge in [-0.1, -0.05) is 5.16 Å². The molecule has 2 aromatic heterocycles. The van der Waals surface area contributed by atoms with E-state index in [9.17, 15) is 4.39 Å². The van der Waals surface area contributed by atoms with Crippen molar-refractivity contribution in [1.82, 2.24) is 20.1 Å². The summed E-state index contributed by atoms with van der Waals surface area (Å²) >= 11 is 1.67. The molecule has 0 radical (unpaired) electrons. The van der Waals surface area contributed by atoms with E-state index in [2.05, 4.69) is 25.4 Å². The van der Waals surface area contributed by atoms with Gasteiger partial charge in [-0.25, -0.2) is 9.37 Å². The van der Waals surface area contributed by atoms with Gasteiger partial charge >= 0.3 is 0 Å². The van der Waals surface area contributed by atoms with E-state index in [1.807, 2.05) is 37.4 Å². The molecule has 0 aliphatic carbocycles. The van der Waals surface area contributed by atoms with Crippen molar-refractivity contribution in [3.8, 4) is 17.3 Å². The molecule has 0 fully saturated rings. The molecule has 0 amide bonds. The molecular formula is C22H20FN5O2S. The van der Waals surface area contributed by atoms with Gasteiger partial charge < -0.3 is 14.6 Å². The monoisotopic (exact) mass is 437 g/mol. The van der Waals surface area contributed by atoms with Crippen LogP contribution in [0.4, 0.5) is 16.0 Å². The third-order valence-electron chi connectivity index (χ3n) is 4.40. The highest BCUT2D eigenvalue weighted by Crippen LogP contribution is 2.22. The highest BCUT2D eigenvalue weighted by atomic mass is 32.2. The minimum Gasteiger partial charge on any atom is -0.467 e. The average molecular weight is 438 g/mol. The Labute approximate surface area is 183 Å². The fraction of sp³-hybridized carbons (Fsp3) is 0.182. The lowest BCUT2D eigenvalue weighted by molar-refractivity contribution is 0.235. The first-order valence-electron chi connectivity index (χ1n) is 9.49. The van der Waals surface area contributed by atoms with Crippen molar-refractivity contribution in [3.63, 3.8) is 0 Å². The fourth-order valence-electron chi connectivity index (χ4n) is 2.83. The molecule has 9 heteroatoms. The van der Waals surface area contributed by atoms with Crippen molar-refractivity contribution in [2.45, 2.75) is 25.3 Å². The number of benzene rings is 2. The van der Waals surface area contributed by atoms with Crippen LogP contribution in [0.1, 0.15) is 17.1 Å². The molecule has 0 unspecified atom stereocenters. The van der Waals surface area contributed by atoms with E-state index in [1.165, 1.54) is 6.07 Å². The molecule has 2 heterocycles. The van der Waals surface area contributed by atoms with E-state index in [0.717, 1.165) is 10.5 Å². The van der Waals surface area contributed by atoms with Crippen LogP contribution in [0.2, 0.25) is 0 Å². The lowest BCUT2D eigenvalue weighted by atomic mass is 10.2. The second kappa shape index (κ2) is 9.13. The molecule has 0 aliphatic rings. The largest absolute Gasteiger partial charge is 0.467 e. The molecule has 0 saturated heterocycles. The molecule has 0 bridgehead atoms. The summed E-state index contributed by atoms with van der Waals surface area (Å²) in [5, 5.41) is 7.08. The van der Waals surface area contributed by atoms with Crippen LogP contribution in [0.3, 0.4) is 0 Å². The van der Waals surface area contributed by atoms with Gasteiger partial charge in [-0.3, -0.25) is 0 Å². The number of nitrogens with one attached hydrogen (secondary N) is 1. The number of nitrogens with zero attached hydrogens (tertiary/aromatic N) is 4. The van der Waals surface area contributed by atoms with E-state index < -0.39 is 0 Å². The summed E-state index contributed by atoms with van der Waals surface area (Å²) < 4.78 is 24.5. The van der Waals surface area contributed by atoms with Crippen molar-refractivity contribution >= 4 is 23.4 Å². The van der Waals surface area contributed by atoms with E-state index in [4.69, 9.17) is 9.26 Å². The van der Waals surface area contributed by atoms with Crippen molar-refractivity contribution in [2.24, 2.45) is 0 Å². The molecule has 158 valence electrons. The Kier molecular flexibility index (Phi) is 6.13. The van der Waals surface area contributed by atoms with Crippen LogP contribution in [0.15, 0.2) is 57.9 Å². The number of hydrogen-bond donors (Lipinski definition) is 1.